The highest BCUT2D eigenvalue weighted by Gasteiger charge is 2.41. The predicted octanol–water partition coefficient (Wildman–Crippen LogP) is 0.136. The summed E-state index contributed by atoms with van der Waals surface area (Å²) in [7, 11) is -3.04. The third-order valence-electron chi connectivity index (χ3n) is 3.89. The summed E-state index contributed by atoms with van der Waals surface area (Å²) in [6, 6.07) is 0. The van der Waals surface area contributed by atoms with E-state index in [9.17, 15) is 13.2 Å². The average Bonchev–Trinajstić information content (AvgIpc) is 2.85. The fourth-order valence-electron chi connectivity index (χ4n) is 2.75. The first-order chi connectivity index (χ1) is 8.35. The van der Waals surface area contributed by atoms with E-state index < -0.39 is 21.3 Å². The van der Waals surface area contributed by atoms with Crippen LogP contribution in [-0.2, 0) is 14.6 Å². The number of nitrogens with two attached hydrogens (primary N) is 1. The summed E-state index contributed by atoms with van der Waals surface area (Å²) in [6.07, 6.45) is 3.89. The molecule has 1 aliphatic carbocycles. The highest BCUT2D eigenvalue weighted by Crippen LogP contribution is 2.31. The minimum Gasteiger partial charge on any atom is -0.391 e. The molecule has 1 atom stereocenters. The summed E-state index contributed by atoms with van der Waals surface area (Å²) >= 11 is 5.05. The van der Waals surface area contributed by atoms with Crippen LogP contribution in [0.25, 0.3) is 0 Å². The summed E-state index contributed by atoms with van der Waals surface area (Å²) in [5.74, 6) is -0.607. The minimum atomic E-state index is -3.04. The Labute approximate surface area is 112 Å². The number of nitrogens with one attached hydrogen (secondary N) is 1. The topological polar surface area (TPSA) is 89.3 Å². The summed E-state index contributed by atoms with van der Waals surface area (Å²) in [6.45, 7) is 0. The van der Waals surface area contributed by atoms with Crippen molar-refractivity contribution in [3.05, 3.63) is 0 Å². The fourth-order valence-corrected chi connectivity index (χ4v) is 4.75. The number of sulfone groups is 1. The molecule has 0 aromatic heterocycles. The molecule has 0 aromatic carbocycles. The van der Waals surface area contributed by atoms with Gasteiger partial charge in [0.1, 0.15) is 0 Å². The molecule has 0 bridgehead atoms. The molecule has 102 valence electrons. The van der Waals surface area contributed by atoms with Crippen molar-refractivity contribution in [2.45, 2.75) is 37.6 Å². The normalized spacial score (nSPS) is 29.0. The summed E-state index contributed by atoms with van der Waals surface area (Å²) in [5.41, 5.74) is 5.15. The molecule has 3 N–H and O–H groups in total. The Balaban J connectivity index is 2.05. The number of amides is 1. The summed E-state index contributed by atoms with van der Waals surface area (Å²) in [4.78, 5) is 12.4. The smallest absolute Gasteiger partial charge is 0.224 e. The van der Waals surface area contributed by atoms with Gasteiger partial charge in [-0.3, -0.25) is 4.79 Å². The van der Waals surface area contributed by atoms with Crippen molar-refractivity contribution in [3.63, 3.8) is 0 Å². The minimum absolute atomic E-state index is 0.0494. The van der Waals surface area contributed by atoms with Crippen molar-refractivity contribution in [2.75, 3.05) is 11.5 Å². The quantitative estimate of drug-likeness (QED) is 0.722. The van der Waals surface area contributed by atoms with Crippen molar-refractivity contribution < 1.29 is 13.2 Å². The number of hydrogen-bond acceptors (Lipinski definition) is 4. The lowest BCUT2D eigenvalue weighted by atomic mass is 9.96. The zero-order chi connectivity index (χ0) is 13.4. The summed E-state index contributed by atoms with van der Waals surface area (Å²) in [5, 5.41) is 2.90. The molecule has 0 spiro atoms. The highest BCUT2D eigenvalue weighted by atomic mass is 32.2. The van der Waals surface area contributed by atoms with Gasteiger partial charge < -0.3 is 11.1 Å². The van der Waals surface area contributed by atoms with E-state index in [-0.39, 0.29) is 17.4 Å². The molecule has 1 saturated carbocycles. The first kappa shape index (κ1) is 13.7. The van der Waals surface area contributed by atoms with E-state index in [4.69, 9.17) is 18.0 Å². The lowest BCUT2D eigenvalue weighted by molar-refractivity contribution is -0.125. The van der Waals surface area contributed by atoms with Crippen LogP contribution in [0.5, 0.6) is 0 Å². The molecule has 7 heteroatoms. The zero-order valence-electron chi connectivity index (χ0n) is 10.1. The monoisotopic (exact) mass is 290 g/mol. The van der Waals surface area contributed by atoms with Gasteiger partial charge in [-0.05, 0) is 19.3 Å². The third kappa shape index (κ3) is 2.66. The lowest BCUT2D eigenvalue weighted by Gasteiger charge is -2.30. The Bertz CT molecular complexity index is 467. The van der Waals surface area contributed by atoms with Gasteiger partial charge in [0.15, 0.2) is 9.84 Å². The molecular weight excluding hydrogens is 272 g/mol. The van der Waals surface area contributed by atoms with E-state index >= 15 is 0 Å². The molecule has 1 saturated heterocycles. The second kappa shape index (κ2) is 4.77. The van der Waals surface area contributed by atoms with Crippen LogP contribution >= 0.6 is 12.2 Å². The third-order valence-corrected chi connectivity index (χ3v) is 6.05. The molecule has 1 aliphatic heterocycles. The number of rotatable bonds is 3. The highest BCUT2D eigenvalue weighted by molar-refractivity contribution is 7.91. The molecule has 2 aliphatic rings. The van der Waals surface area contributed by atoms with Crippen LogP contribution in [0.3, 0.4) is 0 Å². The Kier molecular flexibility index (Phi) is 3.64. The molecule has 18 heavy (non-hydrogen) atoms. The van der Waals surface area contributed by atoms with Crippen LogP contribution in [0, 0.1) is 5.92 Å². The van der Waals surface area contributed by atoms with E-state index in [0.29, 0.717) is 11.4 Å². The van der Waals surface area contributed by atoms with Crippen molar-refractivity contribution in [1.82, 2.24) is 5.32 Å². The fraction of sp³-hybridized carbons (Fsp3) is 0.818. The van der Waals surface area contributed by atoms with Gasteiger partial charge in [-0.25, -0.2) is 8.42 Å². The van der Waals surface area contributed by atoms with Crippen molar-refractivity contribution in [1.29, 1.82) is 0 Å². The predicted molar refractivity (Wildman–Crippen MR) is 72.9 cm³/mol. The average molecular weight is 290 g/mol. The van der Waals surface area contributed by atoms with E-state index in [0.717, 1.165) is 25.7 Å². The van der Waals surface area contributed by atoms with Gasteiger partial charge in [-0.1, -0.05) is 25.1 Å². The van der Waals surface area contributed by atoms with Gasteiger partial charge in [0.25, 0.3) is 0 Å². The second-order valence-electron chi connectivity index (χ2n) is 5.24. The molecular formula is C11H18N2O3S2. The molecule has 5 nitrogen and oxygen atoms in total. The number of thiocarbonyl (C=S) groups is 1. The van der Waals surface area contributed by atoms with Crippen LogP contribution in [0.1, 0.15) is 32.1 Å². The molecule has 1 amide bonds. The second-order valence-corrected chi connectivity index (χ2v) is 7.91. The maximum absolute atomic E-state index is 12.1. The maximum Gasteiger partial charge on any atom is 0.224 e. The van der Waals surface area contributed by atoms with E-state index in [1.54, 1.807) is 0 Å². The van der Waals surface area contributed by atoms with Gasteiger partial charge in [0.05, 0.1) is 28.0 Å². The van der Waals surface area contributed by atoms with Crippen LogP contribution in [0.15, 0.2) is 0 Å². The Morgan fingerprint density at radius 3 is 2.39 bits per heavy atom. The molecule has 1 heterocycles. The van der Waals surface area contributed by atoms with Crippen molar-refractivity contribution in [2.24, 2.45) is 11.7 Å². The Morgan fingerprint density at radius 2 is 1.94 bits per heavy atom. The Hall–Kier alpha value is -0.690. The first-order valence-corrected chi connectivity index (χ1v) is 8.40. The van der Waals surface area contributed by atoms with Crippen LogP contribution in [0.4, 0.5) is 0 Å². The molecule has 0 aromatic rings. The van der Waals surface area contributed by atoms with Gasteiger partial charge in [-0.2, -0.15) is 0 Å². The van der Waals surface area contributed by atoms with Gasteiger partial charge in [0.2, 0.25) is 5.91 Å². The summed E-state index contributed by atoms with van der Waals surface area (Å²) < 4.78 is 22.7. The zero-order valence-corrected chi connectivity index (χ0v) is 11.8. The van der Waals surface area contributed by atoms with E-state index in [1.165, 1.54) is 0 Å². The molecule has 2 fully saturated rings. The molecule has 2 rings (SSSR count). The van der Waals surface area contributed by atoms with Gasteiger partial charge in [0, 0.05) is 0 Å². The molecule has 1 unspecified atom stereocenters. The number of hydrogen-bond donors (Lipinski definition) is 2. The van der Waals surface area contributed by atoms with Gasteiger partial charge >= 0.3 is 0 Å². The number of carbonyl (C=O) groups is 1. The van der Waals surface area contributed by atoms with E-state index in [2.05, 4.69) is 5.32 Å². The molecule has 0 radical (unpaired) electrons. The standard InChI is InChI=1S/C11H18N2O3S2/c12-10(17)11(4-1-2-5-11)13-9(14)8-3-6-18(15,16)7-8/h8H,1-7H2,(H2,12,17)(H,13,14). The van der Waals surface area contributed by atoms with Gasteiger partial charge in [-0.15, -0.1) is 0 Å². The lowest BCUT2D eigenvalue weighted by Crippen LogP contribution is -2.56. The Morgan fingerprint density at radius 1 is 1.33 bits per heavy atom. The number of carbonyl (C=O) groups excluding carboxylic acids is 1. The first-order valence-electron chi connectivity index (χ1n) is 6.17. The van der Waals surface area contributed by atoms with Crippen molar-refractivity contribution >= 4 is 33.0 Å². The maximum atomic E-state index is 12.1. The largest absolute Gasteiger partial charge is 0.391 e. The van der Waals surface area contributed by atoms with Crippen molar-refractivity contribution in [3.8, 4) is 0 Å². The van der Waals surface area contributed by atoms with E-state index in [1.807, 2.05) is 0 Å². The van der Waals surface area contributed by atoms with Crippen LogP contribution in [0.2, 0.25) is 0 Å². The van der Waals surface area contributed by atoms with Crippen LogP contribution in [-0.4, -0.2) is 36.4 Å². The SMILES string of the molecule is NC(=S)C1(NC(=O)C2CCS(=O)(=O)C2)CCCC1. The van der Waals surface area contributed by atoms with Crippen LogP contribution < -0.4 is 11.1 Å².